The number of halogens is 1. The quantitative estimate of drug-likeness (QED) is 0.553. The molecule has 0 atom stereocenters. The number of benzene rings is 1. The predicted molar refractivity (Wildman–Crippen MR) is 92.8 cm³/mol. The molecule has 0 fully saturated rings. The minimum absolute atomic E-state index is 0.687. The molecule has 8 heteroatoms. The zero-order valence-electron chi connectivity index (χ0n) is 11.7. The first-order valence-corrected chi connectivity index (χ1v) is 9.72. The van der Waals surface area contributed by atoms with Crippen LogP contribution in [0, 0.1) is 0 Å². The Labute approximate surface area is 145 Å². The van der Waals surface area contributed by atoms with E-state index >= 15 is 0 Å². The van der Waals surface area contributed by atoms with Crippen LogP contribution in [0.25, 0.3) is 11.3 Å². The standard InChI is InChI=1S/C14H12ClN3OS3/c1-2-20-13-16-17-14(22-13)21-8-11-7-12(18-19-11)9-3-5-10(15)6-4-9/h3-7H,2,8H2,1H3. The second-order valence-electron chi connectivity index (χ2n) is 4.24. The van der Waals surface area contributed by atoms with Crippen LogP contribution in [0.1, 0.15) is 12.7 Å². The van der Waals surface area contributed by atoms with Crippen molar-refractivity contribution in [3.8, 4) is 11.3 Å². The van der Waals surface area contributed by atoms with Gasteiger partial charge in [0.2, 0.25) is 0 Å². The van der Waals surface area contributed by atoms with Gasteiger partial charge in [-0.25, -0.2) is 0 Å². The lowest BCUT2D eigenvalue weighted by Gasteiger charge is -1.94. The monoisotopic (exact) mass is 369 g/mol. The van der Waals surface area contributed by atoms with Gasteiger partial charge in [-0.1, -0.05) is 70.7 Å². The topological polar surface area (TPSA) is 51.8 Å². The third kappa shape index (κ3) is 4.04. The van der Waals surface area contributed by atoms with Crippen LogP contribution in [0.5, 0.6) is 0 Å². The van der Waals surface area contributed by atoms with E-state index in [1.807, 2.05) is 30.3 Å². The van der Waals surface area contributed by atoms with Crippen LogP contribution >= 0.6 is 46.5 Å². The first kappa shape index (κ1) is 15.9. The van der Waals surface area contributed by atoms with E-state index in [9.17, 15) is 0 Å². The summed E-state index contributed by atoms with van der Waals surface area (Å²) < 4.78 is 7.32. The van der Waals surface area contributed by atoms with Gasteiger partial charge >= 0.3 is 0 Å². The minimum Gasteiger partial charge on any atom is -0.360 e. The fraction of sp³-hybridized carbons (Fsp3) is 0.214. The first-order valence-electron chi connectivity index (χ1n) is 6.55. The summed E-state index contributed by atoms with van der Waals surface area (Å²) in [5.41, 5.74) is 1.80. The largest absolute Gasteiger partial charge is 0.360 e. The molecular weight excluding hydrogens is 358 g/mol. The highest BCUT2D eigenvalue weighted by Crippen LogP contribution is 2.31. The number of nitrogens with zero attached hydrogens (tertiary/aromatic N) is 3. The summed E-state index contributed by atoms with van der Waals surface area (Å²) in [5.74, 6) is 2.51. The average molecular weight is 370 g/mol. The van der Waals surface area contributed by atoms with Crippen molar-refractivity contribution < 1.29 is 4.52 Å². The van der Waals surface area contributed by atoms with E-state index in [1.54, 1.807) is 34.9 Å². The van der Waals surface area contributed by atoms with E-state index in [-0.39, 0.29) is 0 Å². The molecule has 0 spiro atoms. The number of thioether (sulfide) groups is 2. The van der Waals surface area contributed by atoms with Gasteiger partial charge in [-0.15, -0.1) is 10.2 Å². The van der Waals surface area contributed by atoms with Crippen LogP contribution in [-0.4, -0.2) is 21.1 Å². The molecule has 0 radical (unpaired) electrons. The Balaban J connectivity index is 1.62. The fourth-order valence-electron chi connectivity index (χ4n) is 1.71. The Morgan fingerprint density at radius 2 is 1.86 bits per heavy atom. The van der Waals surface area contributed by atoms with E-state index in [1.165, 1.54) is 0 Å². The van der Waals surface area contributed by atoms with Crippen molar-refractivity contribution >= 4 is 46.5 Å². The minimum atomic E-state index is 0.687. The normalized spacial score (nSPS) is 11.0. The maximum atomic E-state index is 5.89. The molecule has 0 aliphatic rings. The Hall–Kier alpha value is -1.02. The molecule has 114 valence electrons. The zero-order valence-corrected chi connectivity index (χ0v) is 14.9. The van der Waals surface area contributed by atoms with E-state index in [0.717, 1.165) is 31.4 Å². The van der Waals surface area contributed by atoms with Crippen molar-refractivity contribution in [3.63, 3.8) is 0 Å². The Morgan fingerprint density at radius 3 is 2.59 bits per heavy atom. The van der Waals surface area contributed by atoms with Gasteiger partial charge in [0.05, 0.1) is 5.75 Å². The maximum absolute atomic E-state index is 5.89. The third-order valence-electron chi connectivity index (χ3n) is 2.69. The van der Waals surface area contributed by atoms with Gasteiger partial charge in [0.25, 0.3) is 0 Å². The van der Waals surface area contributed by atoms with Gasteiger partial charge in [0, 0.05) is 16.7 Å². The van der Waals surface area contributed by atoms with Crippen molar-refractivity contribution in [3.05, 3.63) is 41.1 Å². The van der Waals surface area contributed by atoms with Crippen LogP contribution < -0.4 is 0 Å². The number of rotatable bonds is 6. The van der Waals surface area contributed by atoms with E-state index in [0.29, 0.717) is 10.8 Å². The van der Waals surface area contributed by atoms with Gasteiger partial charge in [0.1, 0.15) is 11.5 Å². The van der Waals surface area contributed by atoms with Crippen LogP contribution in [-0.2, 0) is 5.75 Å². The number of aromatic nitrogens is 3. The predicted octanol–water partition coefficient (Wildman–Crippen LogP) is 5.25. The lowest BCUT2D eigenvalue weighted by Crippen LogP contribution is -1.76. The molecule has 2 heterocycles. The molecule has 0 N–H and O–H groups in total. The Kier molecular flexibility index (Phi) is 5.41. The summed E-state index contributed by atoms with van der Waals surface area (Å²) >= 11 is 10.8. The summed E-state index contributed by atoms with van der Waals surface area (Å²) in [6.45, 7) is 2.10. The molecule has 0 aliphatic carbocycles. The second kappa shape index (κ2) is 7.50. The van der Waals surface area contributed by atoms with Gasteiger partial charge in [-0.3, -0.25) is 0 Å². The molecule has 1 aromatic carbocycles. The van der Waals surface area contributed by atoms with E-state index < -0.39 is 0 Å². The molecular formula is C14H12ClN3OS3. The van der Waals surface area contributed by atoms with Gasteiger partial charge in [-0.05, 0) is 17.9 Å². The zero-order chi connectivity index (χ0) is 15.4. The second-order valence-corrected chi connectivity index (χ2v) is 8.39. The molecule has 0 saturated heterocycles. The van der Waals surface area contributed by atoms with E-state index in [2.05, 4.69) is 22.3 Å². The molecule has 3 rings (SSSR count). The van der Waals surface area contributed by atoms with Crippen LogP contribution in [0.4, 0.5) is 0 Å². The molecule has 0 amide bonds. The molecule has 3 aromatic rings. The van der Waals surface area contributed by atoms with Crippen molar-refractivity contribution in [2.24, 2.45) is 0 Å². The first-order chi connectivity index (χ1) is 10.7. The third-order valence-corrected chi connectivity index (χ3v) is 6.04. The van der Waals surface area contributed by atoms with Gasteiger partial charge in [-0.2, -0.15) is 0 Å². The fourth-order valence-corrected chi connectivity index (χ4v) is 4.63. The van der Waals surface area contributed by atoms with Gasteiger partial charge < -0.3 is 4.52 Å². The summed E-state index contributed by atoms with van der Waals surface area (Å²) in [5, 5.41) is 13.1. The Bertz CT molecular complexity index is 742. The Morgan fingerprint density at radius 1 is 1.14 bits per heavy atom. The molecule has 0 saturated carbocycles. The van der Waals surface area contributed by atoms with Crippen molar-refractivity contribution in [2.45, 2.75) is 21.4 Å². The average Bonchev–Trinajstić information content (AvgIpc) is 3.16. The molecule has 4 nitrogen and oxygen atoms in total. The molecule has 22 heavy (non-hydrogen) atoms. The van der Waals surface area contributed by atoms with Crippen LogP contribution in [0.15, 0.2) is 43.5 Å². The number of hydrogen-bond donors (Lipinski definition) is 0. The summed E-state index contributed by atoms with van der Waals surface area (Å²) in [7, 11) is 0. The number of hydrogen-bond acceptors (Lipinski definition) is 7. The van der Waals surface area contributed by atoms with Crippen molar-refractivity contribution in [2.75, 3.05) is 5.75 Å². The molecule has 0 unspecified atom stereocenters. The molecule has 0 aliphatic heterocycles. The maximum Gasteiger partial charge on any atom is 0.175 e. The summed E-state index contributed by atoms with van der Waals surface area (Å²) in [6, 6.07) is 9.48. The van der Waals surface area contributed by atoms with Crippen LogP contribution in [0.2, 0.25) is 5.02 Å². The highest BCUT2D eigenvalue weighted by molar-refractivity contribution is 8.02. The summed E-state index contributed by atoms with van der Waals surface area (Å²) in [4.78, 5) is 0. The van der Waals surface area contributed by atoms with Crippen molar-refractivity contribution in [1.82, 2.24) is 15.4 Å². The lowest BCUT2D eigenvalue weighted by molar-refractivity contribution is 0.397. The van der Waals surface area contributed by atoms with Gasteiger partial charge in [0.15, 0.2) is 8.68 Å². The highest BCUT2D eigenvalue weighted by Gasteiger charge is 2.10. The van der Waals surface area contributed by atoms with Crippen molar-refractivity contribution in [1.29, 1.82) is 0 Å². The smallest absolute Gasteiger partial charge is 0.175 e. The molecule has 2 aromatic heterocycles. The van der Waals surface area contributed by atoms with Crippen LogP contribution in [0.3, 0.4) is 0 Å². The van der Waals surface area contributed by atoms with E-state index in [4.69, 9.17) is 16.1 Å². The molecule has 0 bridgehead atoms. The SMILES string of the molecule is CCSc1nnc(SCc2cc(-c3ccc(Cl)cc3)no2)s1. The summed E-state index contributed by atoms with van der Waals surface area (Å²) in [6.07, 6.45) is 0. The highest BCUT2D eigenvalue weighted by atomic mass is 35.5. The lowest BCUT2D eigenvalue weighted by atomic mass is 10.1.